The topological polar surface area (TPSA) is 55.5 Å². The van der Waals surface area contributed by atoms with Gasteiger partial charge in [-0.2, -0.15) is 0 Å². The van der Waals surface area contributed by atoms with Crippen LogP contribution in [0.5, 0.6) is 5.75 Å². The van der Waals surface area contributed by atoms with Crippen molar-refractivity contribution in [3.8, 4) is 5.75 Å². The van der Waals surface area contributed by atoms with Crippen molar-refractivity contribution in [2.75, 3.05) is 13.2 Å². The summed E-state index contributed by atoms with van der Waals surface area (Å²) < 4.78 is 5.65. The fourth-order valence-corrected chi connectivity index (χ4v) is 1.81. The second-order valence-corrected chi connectivity index (χ2v) is 4.62. The third kappa shape index (κ3) is 5.52. The molecule has 3 N–H and O–H groups in total. The molecule has 0 aliphatic carbocycles. The van der Waals surface area contributed by atoms with E-state index in [1.54, 1.807) is 0 Å². The average Bonchev–Trinajstić information content (AvgIpc) is 2.42. The second kappa shape index (κ2) is 8.95. The van der Waals surface area contributed by atoms with Crippen LogP contribution in [0.4, 0.5) is 0 Å². The van der Waals surface area contributed by atoms with Gasteiger partial charge >= 0.3 is 0 Å². The standard InChI is InChI=1S/C15H25NO2/c1-2-3-4-5-6-11-18-14-9-7-13(8-10-14)15(16)12-17/h7-10,15,17H,2-6,11-12,16H2,1H3/t15-/m1/s1. The predicted octanol–water partition coefficient (Wildman–Crippen LogP) is 3.03. The summed E-state index contributed by atoms with van der Waals surface area (Å²) in [5.41, 5.74) is 6.66. The highest BCUT2D eigenvalue weighted by Crippen LogP contribution is 2.16. The Morgan fingerprint density at radius 1 is 1.11 bits per heavy atom. The maximum Gasteiger partial charge on any atom is 0.119 e. The minimum Gasteiger partial charge on any atom is -0.494 e. The summed E-state index contributed by atoms with van der Waals surface area (Å²) in [4.78, 5) is 0. The van der Waals surface area contributed by atoms with Gasteiger partial charge in [-0.25, -0.2) is 0 Å². The van der Waals surface area contributed by atoms with E-state index < -0.39 is 0 Å². The molecule has 0 bridgehead atoms. The predicted molar refractivity (Wildman–Crippen MR) is 74.7 cm³/mol. The van der Waals surface area contributed by atoms with E-state index in [2.05, 4.69) is 6.92 Å². The van der Waals surface area contributed by atoms with Crippen LogP contribution >= 0.6 is 0 Å². The number of aliphatic hydroxyl groups is 1. The van der Waals surface area contributed by atoms with Gasteiger partial charge in [-0.1, -0.05) is 44.7 Å². The normalized spacial score (nSPS) is 12.4. The van der Waals surface area contributed by atoms with E-state index in [4.69, 9.17) is 15.6 Å². The lowest BCUT2D eigenvalue weighted by Gasteiger charge is -2.10. The highest BCUT2D eigenvalue weighted by molar-refractivity contribution is 5.29. The quantitative estimate of drug-likeness (QED) is 0.663. The molecule has 0 spiro atoms. The van der Waals surface area contributed by atoms with Crippen molar-refractivity contribution in [3.05, 3.63) is 29.8 Å². The van der Waals surface area contributed by atoms with Crippen LogP contribution < -0.4 is 10.5 Å². The molecule has 0 heterocycles. The van der Waals surface area contributed by atoms with Crippen molar-refractivity contribution in [2.45, 2.75) is 45.1 Å². The van der Waals surface area contributed by atoms with Crippen molar-refractivity contribution in [3.63, 3.8) is 0 Å². The second-order valence-electron chi connectivity index (χ2n) is 4.62. The van der Waals surface area contributed by atoms with Gasteiger partial charge in [-0.3, -0.25) is 0 Å². The molecule has 0 fully saturated rings. The van der Waals surface area contributed by atoms with Crippen LogP contribution in [-0.2, 0) is 0 Å². The molecule has 1 aromatic carbocycles. The lowest BCUT2D eigenvalue weighted by molar-refractivity contribution is 0.267. The van der Waals surface area contributed by atoms with Crippen LogP contribution in [0.2, 0.25) is 0 Å². The molecule has 0 aliphatic heterocycles. The largest absolute Gasteiger partial charge is 0.494 e. The third-order valence-electron chi connectivity index (χ3n) is 3.02. The Labute approximate surface area is 110 Å². The molecule has 3 nitrogen and oxygen atoms in total. The summed E-state index contributed by atoms with van der Waals surface area (Å²) in [6, 6.07) is 7.35. The van der Waals surface area contributed by atoms with Crippen molar-refractivity contribution in [1.82, 2.24) is 0 Å². The fourth-order valence-electron chi connectivity index (χ4n) is 1.81. The number of benzene rings is 1. The number of nitrogens with two attached hydrogens (primary N) is 1. The van der Waals surface area contributed by atoms with Crippen LogP contribution in [0.25, 0.3) is 0 Å². The number of rotatable bonds is 9. The zero-order valence-electron chi connectivity index (χ0n) is 11.3. The average molecular weight is 251 g/mol. The molecule has 1 aromatic rings. The molecule has 1 rings (SSSR count). The summed E-state index contributed by atoms with van der Waals surface area (Å²) in [6.45, 7) is 2.96. The van der Waals surface area contributed by atoms with Crippen molar-refractivity contribution < 1.29 is 9.84 Å². The Kier molecular flexibility index (Phi) is 7.46. The van der Waals surface area contributed by atoms with Crippen molar-refractivity contribution in [1.29, 1.82) is 0 Å². The molecular formula is C15H25NO2. The van der Waals surface area contributed by atoms with E-state index in [-0.39, 0.29) is 12.6 Å². The molecule has 0 saturated carbocycles. The van der Waals surface area contributed by atoms with E-state index in [0.717, 1.165) is 24.3 Å². The first-order chi connectivity index (χ1) is 8.77. The highest BCUT2D eigenvalue weighted by atomic mass is 16.5. The smallest absolute Gasteiger partial charge is 0.119 e. The zero-order valence-corrected chi connectivity index (χ0v) is 11.3. The van der Waals surface area contributed by atoms with Crippen molar-refractivity contribution >= 4 is 0 Å². The van der Waals surface area contributed by atoms with Gasteiger partial charge in [0.25, 0.3) is 0 Å². The van der Waals surface area contributed by atoms with E-state index in [1.165, 1.54) is 25.7 Å². The van der Waals surface area contributed by atoms with Gasteiger partial charge in [0.05, 0.1) is 19.3 Å². The summed E-state index contributed by atoms with van der Waals surface area (Å²) in [5.74, 6) is 0.874. The van der Waals surface area contributed by atoms with Gasteiger partial charge < -0.3 is 15.6 Å². The van der Waals surface area contributed by atoms with E-state index in [9.17, 15) is 0 Å². The summed E-state index contributed by atoms with van der Waals surface area (Å²) in [7, 11) is 0. The SMILES string of the molecule is CCCCCCCOc1ccc([C@H](N)CO)cc1. The Hall–Kier alpha value is -1.06. The summed E-state index contributed by atoms with van der Waals surface area (Å²) in [6.07, 6.45) is 6.23. The Bertz CT molecular complexity index is 311. The van der Waals surface area contributed by atoms with Gasteiger partial charge in [0, 0.05) is 0 Å². The van der Waals surface area contributed by atoms with Crippen LogP contribution in [0.15, 0.2) is 24.3 Å². The lowest BCUT2D eigenvalue weighted by Crippen LogP contribution is -2.14. The number of hydrogen-bond acceptors (Lipinski definition) is 3. The fraction of sp³-hybridized carbons (Fsp3) is 0.600. The van der Waals surface area contributed by atoms with Gasteiger partial charge in [-0.05, 0) is 24.1 Å². The zero-order chi connectivity index (χ0) is 13.2. The molecule has 18 heavy (non-hydrogen) atoms. The Morgan fingerprint density at radius 2 is 1.78 bits per heavy atom. The molecule has 0 unspecified atom stereocenters. The molecule has 3 heteroatoms. The summed E-state index contributed by atoms with van der Waals surface area (Å²) in [5, 5.41) is 8.95. The molecule has 0 aromatic heterocycles. The molecule has 0 aliphatic rings. The van der Waals surface area contributed by atoms with E-state index in [1.807, 2.05) is 24.3 Å². The van der Waals surface area contributed by atoms with Crippen LogP contribution in [-0.4, -0.2) is 18.3 Å². The maximum absolute atomic E-state index is 8.95. The first-order valence-corrected chi connectivity index (χ1v) is 6.87. The number of ether oxygens (including phenoxy) is 1. The van der Waals surface area contributed by atoms with Crippen LogP contribution in [0, 0.1) is 0 Å². The van der Waals surface area contributed by atoms with Gasteiger partial charge in [-0.15, -0.1) is 0 Å². The number of unbranched alkanes of at least 4 members (excludes halogenated alkanes) is 4. The summed E-state index contributed by atoms with van der Waals surface area (Å²) >= 11 is 0. The van der Waals surface area contributed by atoms with Gasteiger partial charge in [0.2, 0.25) is 0 Å². The van der Waals surface area contributed by atoms with Crippen molar-refractivity contribution in [2.24, 2.45) is 5.73 Å². The highest BCUT2D eigenvalue weighted by Gasteiger charge is 2.03. The van der Waals surface area contributed by atoms with E-state index in [0.29, 0.717) is 0 Å². The first-order valence-electron chi connectivity index (χ1n) is 6.87. The molecule has 0 radical (unpaired) electrons. The van der Waals surface area contributed by atoms with Crippen LogP contribution in [0.3, 0.4) is 0 Å². The minimum atomic E-state index is -0.298. The lowest BCUT2D eigenvalue weighted by atomic mass is 10.1. The first kappa shape index (κ1) is 15.0. The number of aliphatic hydroxyl groups excluding tert-OH is 1. The molecule has 0 saturated heterocycles. The minimum absolute atomic E-state index is 0.0301. The Morgan fingerprint density at radius 3 is 2.39 bits per heavy atom. The van der Waals surface area contributed by atoms with E-state index >= 15 is 0 Å². The monoisotopic (exact) mass is 251 g/mol. The Balaban J connectivity index is 2.22. The molecule has 0 amide bonds. The van der Waals surface area contributed by atoms with Crippen LogP contribution in [0.1, 0.15) is 50.6 Å². The molecule has 1 atom stereocenters. The third-order valence-corrected chi connectivity index (χ3v) is 3.02. The molecular weight excluding hydrogens is 226 g/mol. The van der Waals surface area contributed by atoms with Gasteiger partial charge in [0.1, 0.15) is 5.75 Å². The number of hydrogen-bond donors (Lipinski definition) is 2. The molecule has 102 valence electrons. The maximum atomic E-state index is 8.95. The van der Waals surface area contributed by atoms with Gasteiger partial charge in [0.15, 0.2) is 0 Å².